The Labute approximate surface area is 168 Å². The number of rotatable bonds is 5. The maximum Gasteiger partial charge on any atom is 0.310 e. The zero-order chi connectivity index (χ0) is 20.4. The highest BCUT2D eigenvalue weighted by atomic mass is 16.6. The van der Waals surface area contributed by atoms with Crippen LogP contribution in [0.15, 0.2) is 53.1 Å². The summed E-state index contributed by atoms with van der Waals surface area (Å²) in [4.78, 5) is 21.4. The molecule has 0 unspecified atom stereocenters. The largest absolute Gasteiger partial charge is 0.455 e. The van der Waals surface area contributed by atoms with E-state index in [4.69, 9.17) is 9.26 Å². The van der Waals surface area contributed by atoms with Gasteiger partial charge >= 0.3 is 5.97 Å². The first kappa shape index (κ1) is 18.8. The Morgan fingerprint density at radius 1 is 1.00 bits per heavy atom. The standard InChI is InChI=1S/C23H21N3O3/c1-14-8-4-5-9-17(14)23-25-21(29-26-23)13-28-22(27)12-19-15(2)18-10-6-7-11-20(18)24-16(19)3/h4-11H,12-13H2,1-3H3. The number of carbonyl (C=O) groups is 1. The lowest BCUT2D eigenvalue weighted by atomic mass is 10.00. The average Bonchev–Trinajstić information content (AvgIpc) is 3.19. The summed E-state index contributed by atoms with van der Waals surface area (Å²) in [6.45, 7) is 5.84. The number of carbonyl (C=O) groups excluding carboxylic acids is 1. The van der Waals surface area contributed by atoms with Gasteiger partial charge < -0.3 is 9.26 Å². The SMILES string of the molecule is Cc1ccccc1-c1noc(COC(=O)Cc2c(C)nc3ccccc3c2C)n1. The van der Waals surface area contributed by atoms with E-state index < -0.39 is 0 Å². The fourth-order valence-electron chi connectivity index (χ4n) is 3.42. The van der Waals surface area contributed by atoms with E-state index in [1.54, 1.807) is 0 Å². The van der Waals surface area contributed by atoms with Gasteiger partial charge in [-0.25, -0.2) is 0 Å². The van der Waals surface area contributed by atoms with E-state index in [1.165, 1.54) is 0 Å². The molecule has 0 atom stereocenters. The summed E-state index contributed by atoms with van der Waals surface area (Å²) in [7, 11) is 0. The fraction of sp³-hybridized carbons (Fsp3) is 0.217. The molecule has 0 saturated carbocycles. The van der Waals surface area contributed by atoms with Crippen LogP contribution in [0.4, 0.5) is 0 Å². The second-order valence-corrected chi connectivity index (χ2v) is 6.98. The third kappa shape index (κ3) is 3.87. The van der Waals surface area contributed by atoms with Gasteiger partial charge in [-0.05, 0) is 43.5 Å². The molecule has 2 aromatic carbocycles. The molecule has 0 aliphatic heterocycles. The van der Waals surface area contributed by atoms with Crippen LogP contribution < -0.4 is 0 Å². The van der Waals surface area contributed by atoms with E-state index in [9.17, 15) is 4.79 Å². The number of benzene rings is 2. The van der Waals surface area contributed by atoms with E-state index in [0.29, 0.717) is 5.82 Å². The molecule has 0 fully saturated rings. The highest BCUT2D eigenvalue weighted by Crippen LogP contribution is 2.23. The molecule has 6 heteroatoms. The van der Waals surface area contributed by atoms with Crippen molar-refractivity contribution in [1.82, 2.24) is 15.1 Å². The molecular formula is C23H21N3O3. The monoisotopic (exact) mass is 387 g/mol. The molecule has 0 amide bonds. The molecule has 146 valence electrons. The first-order valence-corrected chi connectivity index (χ1v) is 9.42. The number of hydrogen-bond acceptors (Lipinski definition) is 6. The van der Waals surface area contributed by atoms with E-state index in [-0.39, 0.29) is 24.9 Å². The predicted molar refractivity (Wildman–Crippen MR) is 109 cm³/mol. The molecule has 6 nitrogen and oxygen atoms in total. The summed E-state index contributed by atoms with van der Waals surface area (Å²) in [5.74, 6) is 0.394. The normalized spacial score (nSPS) is 11.0. The number of fused-ring (bicyclic) bond motifs is 1. The second kappa shape index (κ2) is 7.83. The molecule has 0 radical (unpaired) electrons. The second-order valence-electron chi connectivity index (χ2n) is 6.98. The van der Waals surface area contributed by atoms with Gasteiger partial charge in [-0.3, -0.25) is 9.78 Å². The highest BCUT2D eigenvalue weighted by Gasteiger charge is 2.16. The van der Waals surface area contributed by atoms with Gasteiger partial charge in [0, 0.05) is 16.6 Å². The van der Waals surface area contributed by atoms with E-state index >= 15 is 0 Å². The van der Waals surface area contributed by atoms with Crippen molar-refractivity contribution in [3.63, 3.8) is 0 Å². The van der Waals surface area contributed by atoms with E-state index in [0.717, 1.165) is 38.9 Å². The zero-order valence-corrected chi connectivity index (χ0v) is 16.6. The van der Waals surface area contributed by atoms with Crippen molar-refractivity contribution in [1.29, 1.82) is 0 Å². The number of para-hydroxylation sites is 1. The minimum Gasteiger partial charge on any atom is -0.455 e. The topological polar surface area (TPSA) is 78.1 Å². The van der Waals surface area contributed by atoms with Crippen LogP contribution in [-0.2, 0) is 22.6 Å². The molecule has 4 rings (SSSR count). The van der Waals surface area contributed by atoms with Crippen LogP contribution in [-0.4, -0.2) is 21.1 Å². The van der Waals surface area contributed by atoms with Crippen molar-refractivity contribution in [2.75, 3.05) is 0 Å². The molecule has 29 heavy (non-hydrogen) atoms. The van der Waals surface area contributed by atoms with E-state index in [1.807, 2.05) is 69.3 Å². The molecule has 0 aliphatic rings. The van der Waals surface area contributed by atoms with Crippen LogP contribution in [0.5, 0.6) is 0 Å². The van der Waals surface area contributed by atoms with Gasteiger partial charge in [0.1, 0.15) is 0 Å². The number of ether oxygens (including phenoxy) is 1. The fourth-order valence-corrected chi connectivity index (χ4v) is 3.42. The third-order valence-electron chi connectivity index (χ3n) is 5.02. The smallest absolute Gasteiger partial charge is 0.310 e. The first-order valence-electron chi connectivity index (χ1n) is 9.42. The van der Waals surface area contributed by atoms with Crippen LogP contribution in [0, 0.1) is 20.8 Å². The molecule has 0 spiro atoms. The van der Waals surface area contributed by atoms with Gasteiger partial charge in [0.15, 0.2) is 6.61 Å². The third-order valence-corrected chi connectivity index (χ3v) is 5.02. The molecule has 0 N–H and O–H groups in total. The van der Waals surface area contributed by atoms with Crippen molar-refractivity contribution < 1.29 is 14.1 Å². The quantitative estimate of drug-likeness (QED) is 0.469. The van der Waals surface area contributed by atoms with Crippen LogP contribution in [0.3, 0.4) is 0 Å². The summed E-state index contributed by atoms with van der Waals surface area (Å²) in [6, 6.07) is 15.7. The van der Waals surface area contributed by atoms with Crippen LogP contribution in [0.1, 0.15) is 28.3 Å². The summed E-state index contributed by atoms with van der Waals surface area (Å²) in [6.07, 6.45) is 0.147. The lowest BCUT2D eigenvalue weighted by Crippen LogP contribution is -2.11. The molecule has 0 bridgehead atoms. The minimum atomic E-state index is -0.357. The van der Waals surface area contributed by atoms with Crippen LogP contribution in [0.2, 0.25) is 0 Å². The Morgan fingerprint density at radius 2 is 1.76 bits per heavy atom. The number of hydrogen-bond donors (Lipinski definition) is 0. The van der Waals surface area contributed by atoms with Gasteiger partial charge in [0.2, 0.25) is 5.82 Å². The zero-order valence-electron chi connectivity index (χ0n) is 16.6. The lowest BCUT2D eigenvalue weighted by molar-refractivity contribution is -0.144. The maximum atomic E-state index is 12.4. The van der Waals surface area contributed by atoms with Gasteiger partial charge in [0.05, 0.1) is 11.9 Å². The van der Waals surface area contributed by atoms with Gasteiger partial charge in [-0.15, -0.1) is 0 Å². The summed E-state index contributed by atoms with van der Waals surface area (Å²) in [5, 5.41) is 5.03. The Hall–Kier alpha value is -3.54. The number of pyridine rings is 1. The van der Waals surface area contributed by atoms with Crippen molar-refractivity contribution in [2.45, 2.75) is 33.8 Å². The number of aromatic nitrogens is 3. The van der Waals surface area contributed by atoms with Gasteiger partial charge in [-0.2, -0.15) is 4.98 Å². The molecule has 4 aromatic rings. The Balaban J connectivity index is 1.45. The van der Waals surface area contributed by atoms with Crippen molar-refractivity contribution in [3.05, 3.63) is 76.8 Å². The molecule has 2 aromatic heterocycles. The Kier molecular flexibility index (Phi) is 5.08. The number of aryl methyl sites for hydroxylation is 3. The van der Waals surface area contributed by atoms with E-state index in [2.05, 4.69) is 15.1 Å². The van der Waals surface area contributed by atoms with Crippen LogP contribution >= 0.6 is 0 Å². The van der Waals surface area contributed by atoms with Crippen molar-refractivity contribution in [2.24, 2.45) is 0 Å². The average molecular weight is 387 g/mol. The predicted octanol–water partition coefficient (Wildman–Crippen LogP) is 4.50. The van der Waals surface area contributed by atoms with Crippen molar-refractivity contribution >= 4 is 16.9 Å². The summed E-state index contributed by atoms with van der Waals surface area (Å²) >= 11 is 0. The molecular weight excluding hydrogens is 366 g/mol. The van der Waals surface area contributed by atoms with Crippen molar-refractivity contribution in [3.8, 4) is 11.4 Å². The number of nitrogens with zero attached hydrogens (tertiary/aromatic N) is 3. The summed E-state index contributed by atoms with van der Waals surface area (Å²) in [5.41, 5.74) is 5.63. The highest BCUT2D eigenvalue weighted by molar-refractivity contribution is 5.85. The minimum absolute atomic E-state index is 0.0587. The first-order chi connectivity index (χ1) is 14.0. The number of esters is 1. The molecule has 2 heterocycles. The lowest BCUT2D eigenvalue weighted by Gasteiger charge is -2.11. The van der Waals surface area contributed by atoms with Gasteiger partial charge in [-0.1, -0.05) is 47.6 Å². The summed E-state index contributed by atoms with van der Waals surface area (Å²) < 4.78 is 10.6. The Morgan fingerprint density at radius 3 is 2.59 bits per heavy atom. The van der Waals surface area contributed by atoms with Crippen LogP contribution in [0.25, 0.3) is 22.3 Å². The van der Waals surface area contributed by atoms with Gasteiger partial charge in [0.25, 0.3) is 5.89 Å². The molecule has 0 aliphatic carbocycles. The Bertz CT molecular complexity index is 1200. The maximum absolute atomic E-state index is 12.4. The molecule has 0 saturated heterocycles.